The van der Waals surface area contributed by atoms with Gasteiger partial charge in [-0.1, -0.05) is 76.0 Å². The molecule has 0 aliphatic carbocycles. The third-order valence-corrected chi connectivity index (χ3v) is 10.7. The summed E-state index contributed by atoms with van der Waals surface area (Å²) in [7, 11) is 3.83. The molecule has 0 amide bonds. The smallest absolute Gasteiger partial charge is 0.137 e. The predicted octanol–water partition coefficient (Wildman–Crippen LogP) is 10.2. The van der Waals surface area contributed by atoms with Gasteiger partial charge in [0.05, 0.1) is 0 Å². The van der Waals surface area contributed by atoms with E-state index in [0.29, 0.717) is 60.4 Å². The van der Waals surface area contributed by atoms with Crippen LogP contribution < -0.4 is 9.80 Å². The second-order valence-electron chi connectivity index (χ2n) is 16.9. The number of likely N-dealkylation sites (N-methyl/N-ethyl adjacent to an activating group) is 2. The summed E-state index contributed by atoms with van der Waals surface area (Å²) in [5.74, 6) is 0.905. The Morgan fingerprint density at radius 1 is 0.607 bits per heavy atom. The Morgan fingerprint density at radius 3 is 1.25 bits per heavy atom. The standard InChI is InChI=1S/C46H48N12O3/c1-45(2,3)39-23-31(33(25-47)26-48)21-37(59-39)43-41(29-9-13-35(14-10-29)57(7)19-17-53-55-51)42(30-11-15-36(16-12-30)58(8)20-18-54-56-52)44(61-43)38-22-32(34(27-49)28-50)24-40(60-38)46(4,5)6/h9-16,21-24,41-44H,17-20H2,1-8H3. The van der Waals surface area contributed by atoms with Crippen molar-refractivity contribution in [3.8, 4) is 24.3 Å². The normalized spacial score (nSPS) is 19.5. The van der Waals surface area contributed by atoms with Crippen molar-refractivity contribution in [3.63, 3.8) is 0 Å². The third kappa shape index (κ3) is 10.3. The number of nitrogens with zero attached hydrogens (tertiary/aromatic N) is 12. The minimum Gasteiger partial charge on any atom is -0.463 e. The first-order chi connectivity index (χ1) is 29.1. The summed E-state index contributed by atoms with van der Waals surface area (Å²) in [5, 5.41) is 47.5. The molecule has 3 heterocycles. The summed E-state index contributed by atoms with van der Waals surface area (Å²) in [6, 6.07) is 24.2. The van der Waals surface area contributed by atoms with E-state index < -0.39 is 34.9 Å². The van der Waals surface area contributed by atoms with Gasteiger partial charge in [0.2, 0.25) is 0 Å². The number of hydrogen-bond donors (Lipinski definition) is 0. The summed E-state index contributed by atoms with van der Waals surface area (Å²) in [6.07, 6.45) is 5.19. The second-order valence-corrected chi connectivity index (χ2v) is 16.9. The fraction of sp³-hybridized carbons (Fsp3) is 0.391. The number of ether oxygens (including phenoxy) is 3. The SMILES string of the molecule is CN(CCN=[N+]=[N-])c1ccc(C2C(C3=CC(=C(C#N)C#N)C=C(C(C)(C)C)O3)OC(C3=CC(=C(C#N)C#N)C=C(C(C)(C)C)O3)C2c2ccc(N(C)CCN=[N+]=[N-])cc2)cc1. The average Bonchev–Trinajstić information content (AvgIpc) is 3.65. The second kappa shape index (κ2) is 19.1. The number of azide groups is 2. The van der Waals surface area contributed by atoms with Crippen molar-refractivity contribution in [2.75, 3.05) is 50.1 Å². The number of allylic oxidation sites excluding steroid dienone is 10. The summed E-state index contributed by atoms with van der Waals surface area (Å²) in [6.45, 7) is 13.5. The van der Waals surface area contributed by atoms with Crippen LogP contribution in [0, 0.1) is 56.2 Å². The van der Waals surface area contributed by atoms with Crippen molar-refractivity contribution < 1.29 is 14.2 Å². The number of rotatable bonds is 12. The predicted molar refractivity (Wildman–Crippen MR) is 232 cm³/mol. The molecule has 0 aromatic heterocycles. The highest BCUT2D eigenvalue weighted by Gasteiger charge is 2.52. The molecule has 0 bridgehead atoms. The molecule has 2 aromatic carbocycles. The molecule has 61 heavy (non-hydrogen) atoms. The van der Waals surface area contributed by atoms with Gasteiger partial charge in [-0.15, -0.1) is 0 Å². The van der Waals surface area contributed by atoms with Crippen molar-refractivity contribution >= 4 is 11.4 Å². The van der Waals surface area contributed by atoms with Crippen LogP contribution in [-0.4, -0.2) is 52.5 Å². The molecule has 3 aliphatic rings. The van der Waals surface area contributed by atoms with Gasteiger partial charge in [-0.3, -0.25) is 0 Å². The monoisotopic (exact) mass is 816 g/mol. The van der Waals surface area contributed by atoms with Crippen molar-refractivity contribution in [3.05, 3.63) is 150 Å². The molecule has 310 valence electrons. The van der Waals surface area contributed by atoms with Crippen LogP contribution in [0.3, 0.4) is 0 Å². The molecule has 15 heteroatoms. The van der Waals surface area contributed by atoms with Gasteiger partial charge in [-0.05, 0) is 70.8 Å². The van der Waals surface area contributed by atoms with Crippen LogP contribution >= 0.6 is 0 Å². The molecule has 0 saturated carbocycles. The maximum Gasteiger partial charge on any atom is 0.137 e. The summed E-state index contributed by atoms with van der Waals surface area (Å²) < 4.78 is 20.7. The van der Waals surface area contributed by atoms with Gasteiger partial charge in [-0.2, -0.15) is 21.0 Å². The molecule has 1 saturated heterocycles. The van der Waals surface area contributed by atoms with Crippen LogP contribution in [0.1, 0.15) is 64.5 Å². The molecular formula is C46H48N12O3. The zero-order chi connectivity index (χ0) is 44.5. The Kier molecular flexibility index (Phi) is 14.0. The number of hydrogen-bond acceptors (Lipinski definition) is 11. The molecule has 15 nitrogen and oxygen atoms in total. The highest BCUT2D eigenvalue weighted by Crippen LogP contribution is 2.54. The van der Waals surface area contributed by atoms with E-state index in [-0.39, 0.29) is 11.1 Å². The Hall–Kier alpha value is -7.38. The van der Waals surface area contributed by atoms with E-state index in [0.717, 1.165) is 22.5 Å². The van der Waals surface area contributed by atoms with Gasteiger partial charge >= 0.3 is 0 Å². The molecule has 3 aliphatic heterocycles. The van der Waals surface area contributed by atoms with Crippen molar-refractivity contribution in [1.29, 1.82) is 21.0 Å². The van der Waals surface area contributed by atoms with Crippen LogP contribution in [0.15, 0.2) is 128 Å². The van der Waals surface area contributed by atoms with Gasteiger partial charge < -0.3 is 24.0 Å². The Morgan fingerprint density at radius 2 is 0.951 bits per heavy atom. The Balaban J connectivity index is 1.78. The highest BCUT2D eigenvalue weighted by molar-refractivity contribution is 5.57. The van der Waals surface area contributed by atoms with E-state index in [2.05, 4.69) is 20.1 Å². The largest absolute Gasteiger partial charge is 0.463 e. The van der Waals surface area contributed by atoms with E-state index in [1.807, 2.05) is 138 Å². The average molecular weight is 817 g/mol. The van der Waals surface area contributed by atoms with Gasteiger partial charge in [0.1, 0.15) is 70.7 Å². The van der Waals surface area contributed by atoms with Gasteiger partial charge in [0.15, 0.2) is 0 Å². The lowest BCUT2D eigenvalue weighted by molar-refractivity contribution is 0.0142. The van der Waals surface area contributed by atoms with E-state index in [9.17, 15) is 21.0 Å². The molecule has 2 aromatic rings. The molecule has 4 atom stereocenters. The molecule has 0 spiro atoms. The van der Waals surface area contributed by atoms with Crippen molar-refractivity contribution in [2.45, 2.75) is 65.6 Å². The molecular weight excluding hydrogens is 769 g/mol. The van der Waals surface area contributed by atoms with Crippen LogP contribution in [0.5, 0.6) is 0 Å². The van der Waals surface area contributed by atoms with E-state index in [4.69, 9.17) is 25.3 Å². The lowest BCUT2D eigenvalue weighted by Crippen LogP contribution is -2.26. The van der Waals surface area contributed by atoms with E-state index in [1.165, 1.54) is 0 Å². The van der Waals surface area contributed by atoms with Gasteiger partial charge in [0.25, 0.3) is 0 Å². The third-order valence-electron chi connectivity index (χ3n) is 10.7. The first-order valence-electron chi connectivity index (χ1n) is 19.7. The molecule has 0 radical (unpaired) electrons. The first kappa shape index (κ1) is 44.7. The minimum atomic E-state index is -0.818. The van der Waals surface area contributed by atoms with Crippen LogP contribution in [0.2, 0.25) is 0 Å². The lowest BCUT2D eigenvalue weighted by Gasteiger charge is -2.32. The molecule has 1 fully saturated rings. The van der Waals surface area contributed by atoms with Crippen molar-refractivity contribution in [1.82, 2.24) is 0 Å². The van der Waals surface area contributed by atoms with Gasteiger partial charge in [0, 0.05) is 95.3 Å². The number of anilines is 2. The minimum absolute atomic E-state index is 0.0768. The fourth-order valence-electron chi connectivity index (χ4n) is 7.26. The zero-order valence-electron chi connectivity index (χ0n) is 35.7. The lowest BCUT2D eigenvalue weighted by atomic mass is 9.76. The zero-order valence-corrected chi connectivity index (χ0v) is 35.7. The van der Waals surface area contributed by atoms with Crippen LogP contribution in [-0.2, 0) is 14.2 Å². The first-order valence-corrected chi connectivity index (χ1v) is 19.7. The summed E-state index contributed by atoms with van der Waals surface area (Å²) in [4.78, 5) is 9.73. The van der Waals surface area contributed by atoms with Gasteiger partial charge in [-0.25, -0.2) is 0 Å². The molecule has 0 N–H and O–H groups in total. The number of benzene rings is 2. The molecule has 5 rings (SSSR count). The van der Waals surface area contributed by atoms with Crippen molar-refractivity contribution in [2.24, 2.45) is 21.1 Å². The highest BCUT2D eigenvalue weighted by atomic mass is 16.6. The Bertz CT molecular complexity index is 2270. The quantitative estimate of drug-likeness (QED) is 0.0857. The Labute approximate surface area is 356 Å². The van der Waals surface area contributed by atoms with Crippen LogP contribution in [0.4, 0.5) is 11.4 Å². The van der Waals surface area contributed by atoms with E-state index in [1.54, 1.807) is 24.3 Å². The topological polar surface area (TPSA) is 227 Å². The van der Waals surface area contributed by atoms with E-state index >= 15 is 0 Å². The molecule has 4 unspecified atom stereocenters. The summed E-state index contributed by atoms with van der Waals surface area (Å²) >= 11 is 0. The van der Waals surface area contributed by atoms with Crippen LogP contribution in [0.25, 0.3) is 20.9 Å². The fourth-order valence-corrected chi connectivity index (χ4v) is 7.26. The number of nitriles is 4. The maximum atomic E-state index is 10.0. The maximum absolute atomic E-state index is 10.0. The summed E-state index contributed by atoms with van der Waals surface area (Å²) in [5.41, 5.74) is 20.8.